The van der Waals surface area contributed by atoms with Gasteiger partial charge in [-0.1, -0.05) is 34.6 Å². The largest absolute Gasteiger partial charge is 0.481 e. The Hall–Kier alpha value is -3.09. The summed E-state index contributed by atoms with van der Waals surface area (Å²) in [6.07, 6.45) is 2.21. The normalized spacial score (nSPS) is 12.8. The van der Waals surface area contributed by atoms with Crippen LogP contribution < -0.4 is 26.6 Å². The Morgan fingerprint density at radius 3 is 1.75 bits per heavy atom. The summed E-state index contributed by atoms with van der Waals surface area (Å²) in [5, 5.41) is 32.2. The first-order valence-corrected chi connectivity index (χ1v) is 20.4. The number of aliphatic carboxylic acids is 2. The molecule has 0 saturated heterocycles. The van der Waals surface area contributed by atoms with E-state index in [2.05, 4.69) is 26.6 Å². The van der Waals surface area contributed by atoms with Gasteiger partial charge in [0.25, 0.3) is 0 Å². The second-order valence-corrected chi connectivity index (χ2v) is 16.3. The highest BCUT2D eigenvalue weighted by Crippen LogP contribution is 2.10. The summed E-state index contributed by atoms with van der Waals surface area (Å²) < 4.78 is 11.1. The van der Waals surface area contributed by atoms with Crippen LogP contribution in [0, 0.1) is 5.92 Å². The number of nitrogens with one attached hydrogen (secondary N) is 5. The van der Waals surface area contributed by atoms with E-state index in [1.54, 1.807) is 11.8 Å². The van der Waals surface area contributed by atoms with Gasteiger partial charge < -0.3 is 46.3 Å². The monoisotopic (exact) mass is 793 g/mol. The molecule has 0 aromatic heterocycles. The van der Waals surface area contributed by atoms with E-state index in [0.717, 1.165) is 0 Å². The SMILES string of the molecule is CC(CCOCCOCCC(=O)NCCCC[C@H](NC(=O)CCC(=O)O)C(=O)O)CNC(=O)[C@H](CCCNC(=O)CSC(C)C)NC(=O)CSC(C)C. The van der Waals surface area contributed by atoms with Crippen molar-refractivity contribution in [3.63, 3.8) is 0 Å². The first-order chi connectivity index (χ1) is 25.1. The third-order valence-corrected chi connectivity index (χ3v) is 9.60. The number of carboxylic acid groups (broad SMARTS) is 2. The Bertz CT molecular complexity index is 1110. The topological polar surface area (TPSA) is 239 Å². The van der Waals surface area contributed by atoms with Gasteiger partial charge in [0, 0.05) is 39.1 Å². The first kappa shape index (κ1) is 49.9. The summed E-state index contributed by atoms with van der Waals surface area (Å²) in [6, 6.07) is -1.82. The minimum absolute atomic E-state index is 0.0482. The molecule has 0 aromatic carbocycles. The molecule has 53 heavy (non-hydrogen) atoms. The van der Waals surface area contributed by atoms with Crippen molar-refractivity contribution in [1.82, 2.24) is 26.6 Å². The number of amides is 5. The molecule has 0 spiro atoms. The standard InChI is InChI=1S/C35H63N5O11S2/c1-24(2)52-22-31(43)37-16-8-10-27(39-32(44)23-53-25(3)4)34(47)38-21-26(5)13-17-50-19-20-51-18-14-29(41)36-15-7-6-9-28(35(48)49)40-30(42)11-12-33(45)46/h24-28H,6-23H2,1-5H3,(H,36,41)(H,37,43)(H,38,47)(H,39,44)(H,40,42)(H,45,46)(H,48,49)/t26?,27-,28-/m0/s1. The molecule has 0 radical (unpaired) electrons. The Labute approximate surface area is 322 Å². The van der Waals surface area contributed by atoms with Crippen LogP contribution in [0.15, 0.2) is 0 Å². The Morgan fingerprint density at radius 1 is 0.566 bits per heavy atom. The van der Waals surface area contributed by atoms with E-state index >= 15 is 0 Å². The van der Waals surface area contributed by atoms with E-state index in [1.165, 1.54) is 11.8 Å². The summed E-state index contributed by atoms with van der Waals surface area (Å²) in [5.41, 5.74) is 0. The van der Waals surface area contributed by atoms with Gasteiger partial charge in [0.05, 0.1) is 37.7 Å². The van der Waals surface area contributed by atoms with Gasteiger partial charge in [-0.25, -0.2) is 4.79 Å². The van der Waals surface area contributed by atoms with Gasteiger partial charge in [-0.15, -0.1) is 23.5 Å². The fraction of sp³-hybridized carbons (Fsp3) is 0.800. The minimum Gasteiger partial charge on any atom is -0.481 e. The first-order valence-electron chi connectivity index (χ1n) is 18.3. The molecule has 7 N–H and O–H groups in total. The second-order valence-electron chi connectivity index (χ2n) is 13.1. The summed E-state index contributed by atoms with van der Waals surface area (Å²) in [5.74, 6) is -2.94. The molecule has 0 aromatic rings. The van der Waals surface area contributed by atoms with E-state index < -0.39 is 29.9 Å². The lowest BCUT2D eigenvalue weighted by molar-refractivity contribution is -0.142. The van der Waals surface area contributed by atoms with Crippen LogP contribution in [-0.2, 0) is 43.0 Å². The van der Waals surface area contributed by atoms with Gasteiger partial charge >= 0.3 is 11.9 Å². The number of rotatable bonds is 33. The lowest BCUT2D eigenvalue weighted by Crippen LogP contribution is -2.48. The number of carboxylic acids is 2. The third kappa shape index (κ3) is 31.0. The summed E-state index contributed by atoms with van der Waals surface area (Å²) in [4.78, 5) is 83.1. The molecule has 0 aliphatic rings. The second kappa shape index (κ2) is 31.3. The van der Waals surface area contributed by atoms with Crippen LogP contribution in [0.25, 0.3) is 0 Å². The van der Waals surface area contributed by atoms with Gasteiger partial charge in [-0.2, -0.15) is 0 Å². The average molecular weight is 794 g/mol. The predicted molar refractivity (Wildman–Crippen MR) is 206 cm³/mol. The van der Waals surface area contributed by atoms with Crippen molar-refractivity contribution in [2.24, 2.45) is 5.92 Å². The molecule has 0 bridgehead atoms. The van der Waals surface area contributed by atoms with E-state index in [4.69, 9.17) is 14.6 Å². The number of unbranched alkanes of at least 4 members (excludes halogenated alkanes) is 1. The molecule has 5 amide bonds. The lowest BCUT2D eigenvalue weighted by Gasteiger charge is -2.20. The van der Waals surface area contributed by atoms with Crippen LogP contribution in [-0.4, -0.2) is 132 Å². The van der Waals surface area contributed by atoms with Crippen LogP contribution in [0.2, 0.25) is 0 Å². The number of thioether (sulfide) groups is 2. The van der Waals surface area contributed by atoms with E-state index in [1.807, 2.05) is 34.6 Å². The summed E-state index contributed by atoms with van der Waals surface area (Å²) in [7, 11) is 0. The van der Waals surface area contributed by atoms with Crippen LogP contribution in [0.4, 0.5) is 0 Å². The van der Waals surface area contributed by atoms with Crippen molar-refractivity contribution in [3.05, 3.63) is 0 Å². The molecular weight excluding hydrogens is 731 g/mol. The maximum Gasteiger partial charge on any atom is 0.326 e. The average Bonchev–Trinajstić information content (AvgIpc) is 3.09. The maximum absolute atomic E-state index is 13.0. The van der Waals surface area contributed by atoms with Gasteiger partial charge in [-0.05, 0) is 54.9 Å². The number of hydrogen-bond donors (Lipinski definition) is 7. The highest BCUT2D eigenvalue weighted by atomic mass is 32.2. The van der Waals surface area contributed by atoms with E-state index in [-0.39, 0.29) is 72.8 Å². The fourth-order valence-corrected chi connectivity index (χ4v) is 5.53. The number of carbonyl (C=O) groups excluding carboxylic acids is 5. The molecule has 0 aliphatic carbocycles. The Morgan fingerprint density at radius 2 is 1.13 bits per heavy atom. The van der Waals surface area contributed by atoms with Gasteiger partial charge in [-0.3, -0.25) is 28.8 Å². The molecule has 3 atom stereocenters. The van der Waals surface area contributed by atoms with Crippen LogP contribution in [0.3, 0.4) is 0 Å². The highest BCUT2D eigenvalue weighted by molar-refractivity contribution is 8.00. The number of ether oxygens (including phenoxy) is 2. The Balaban J connectivity index is 4.20. The number of carbonyl (C=O) groups is 7. The van der Waals surface area contributed by atoms with Gasteiger partial charge in [0.15, 0.2) is 0 Å². The molecule has 0 heterocycles. The molecule has 0 fully saturated rings. The van der Waals surface area contributed by atoms with Crippen molar-refractivity contribution < 1.29 is 53.2 Å². The van der Waals surface area contributed by atoms with Crippen LogP contribution in [0.5, 0.6) is 0 Å². The number of hydrogen-bond acceptors (Lipinski definition) is 11. The molecule has 0 saturated carbocycles. The third-order valence-electron chi connectivity index (χ3n) is 7.41. The lowest BCUT2D eigenvalue weighted by atomic mass is 10.1. The smallest absolute Gasteiger partial charge is 0.326 e. The maximum atomic E-state index is 13.0. The molecular formula is C35H63N5O11S2. The molecule has 16 nitrogen and oxygen atoms in total. The quantitative estimate of drug-likeness (QED) is 0.0471. The van der Waals surface area contributed by atoms with Crippen molar-refractivity contribution in [2.75, 3.05) is 57.6 Å². The fourth-order valence-electron chi connectivity index (χ4n) is 4.38. The molecule has 1 unspecified atom stereocenters. The van der Waals surface area contributed by atoms with Crippen molar-refractivity contribution in [3.8, 4) is 0 Å². The van der Waals surface area contributed by atoms with Crippen molar-refractivity contribution in [1.29, 1.82) is 0 Å². The van der Waals surface area contributed by atoms with E-state index in [9.17, 15) is 38.7 Å². The highest BCUT2D eigenvalue weighted by Gasteiger charge is 2.22. The van der Waals surface area contributed by atoms with Crippen LogP contribution >= 0.6 is 23.5 Å². The molecule has 0 aliphatic heterocycles. The zero-order chi connectivity index (χ0) is 40.0. The molecule has 18 heteroatoms. The van der Waals surface area contributed by atoms with Crippen LogP contribution in [0.1, 0.15) is 92.4 Å². The van der Waals surface area contributed by atoms with Crippen molar-refractivity contribution in [2.45, 2.75) is 115 Å². The predicted octanol–water partition coefficient (Wildman–Crippen LogP) is 1.94. The molecule has 306 valence electrons. The zero-order valence-electron chi connectivity index (χ0n) is 32.0. The van der Waals surface area contributed by atoms with Crippen molar-refractivity contribution >= 4 is 65.0 Å². The molecule has 0 rings (SSSR count). The summed E-state index contributed by atoms with van der Waals surface area (Å²) in [6.45, 7) is 12.5. The van der Waals surface area contributed by atoms with E-state index in [0.29, 0.717) is 82.6 Å². The Kier molecular flexibility index (Phi) is 29.5. The zero-order valence-corrected chi connectivity index (χ0v) is 33.6. The minimum atomic E-state index is -1.20. The van der Waals surface area contributed by atoms with Gasteiger partial charge in [0.2, 0.25) is 29.5 Å². The van der Waals surface area contributed by atoms with Gasteiger partial charge in [0.1, 0.15) is 12.1 Å². The summed E-state index contributed by atoms with van der Waals surface area (Å²) >= 11 is 3.06.